The third-order valence-corrected chi connectivity index (χ3v) is 2.12. The zero-order valence-electron chi connectivity index (χ0n) is 7.72. The fraction of sp³-hybridized carbons (Fsp3) is 0.167. The van der Waals surface area contributed by atoms with Crippen molar-refractivity contribution in [1.29, 1.82) is 0 Å². The smallest absolute Gasteiger partial charge is 0.154 e. The molecule has 1 aromatic heterocycles. The minimum atomic E-state index is -0.799. The Morgan fingerprint density at radius 1 is 1.07 bits per heavy atom. The lowest BCUT2D eigenvalue weighted by atomic mass is 10.1. The van der Waals surface area contributed by atoms with Gasteiger partial charge < -0.3 is 4.42 Å². The van der Waals surface area contributed by atoms with Gasteiger partial charge in [-0.25, -0.2) is 5.11 Å². The number of hydrogen-bond acceptors (Lipinski definition) is 1. The lowest BCUT2D eigenvalue weighted by Crippen LogP contribution is -1.98. The average Bonchev–Trinajstić information content (AvgIpc) is 2.72. The fourth-order valence-corrected chi connectivity index (χ4v) is 1.40. The van der Waals surface area contributed by atoms with Crippen molar-refractivity contribution in [3.8, 4) is 0 Å². The predicted molar refractivity (Wildman–Crippen MR) is 52.3 cm³/mol. The topological polar surface area (TPSA) is 33.0 Å². The predicted octanol–water partition coefficient (Wildman–Crippen LogP) is 2.99. The van der Waals surface area contributed by atoms with E-state index in [-0.39, 0.29) is 0 Å². The van der Waals surface area contributed by atoms with E-state index in [1.54, 1.807) is 12.1 Å². The van der Waals surface area contributed by atoms with Gasteiger partial charge in [0.05, 0.1) is 6.26 Å². The highest BCUT2D eigenvalue weighted by molar-refractivity contribution is 5.17. The maximum atomic E-state index is 11.7. The first-order valence-corrected chi connectivity index (χ1v) is 4.59. The van der Waals surface area contributed by atoms with Crippen molar-refractivity contribution in [3.05, 3.63) is 60.1 Å². The molecule has 1 aromatic carbocycles. The second kappa shape index (κ2) is 4.11. The van der Waals surface area contributed by atoms with Crippen molar-refractivity contribution in [2.24, 2.45) is 0 Å². The molecule has 0 fully saturated rings. The maximum Gasteiger partial charge on any atom is 0.154 e. The SMILES string of the molecule is [O]C(Cc1ccccc1)c1ccco1. The van der Waals surface area contributed by atoms with E-state index in [1.165, 1.54) is 6.26 Å². The summed E-state index contributed by atoms with van der Waals surface area (Å²) in [5.41, 5.74) is 1.05. The van der Waals surface area contributed by atoms with Gasteiger partial charge in [0, 0.05) is 6.42 Å². The molecule has 2 heteroatoms. The summed E-state index contributed by atoms with van der Waals surface area (Å²) in [6, 6.07) is 13.2. The van der Waals surface area contributed by atoms with E-state index >= 15 is 0 Å². The Morgan fingerprint density at radius 2 is 1.86 bits per heavy atom. The highest BCUT2D eigenvalue weighted by Gasteiger charge is 2.12. The van der Waals surface area contributed by atoms with Gasteiger partial charge in [0.25, 0.3) is 0 Å². The summed E-state index contributed by atoms with van der Waals surface area (Å²) in [6.45, 7) is 0. The van der Waals surface area contributed by atoms with Gasteiger partial charge in [-0.2, -0.15) is 0 Å². The first-order chi connectivity index (χ1) is 6.86. The van der Waals surface area contributed by atoms with Gasteiger partial charge in [-0.05, 0) is 17.7 Å². The summed E-state index contributed by atoms with van der Waals surface area (Å²) in [5.74, 6) is 0.508. The molecule has 0 N–H and O–H groups in total. The van der Waals surface area contributed by atoms with E-state index < -0.39 is 6.10 Å². The Labute approximate surface area is 82.8 Å². The standard InChI is InChI=1S/C12H11O2/c13-11(12-7-4-8-14-12)9-10-5-2-1-3-6-10/h1-8,11H,9H2. The number of hydrogen-bond donors (Lipinski definition) is 0. The van der Waals surface area contributed by atoms with Crippen molar-refractivity contribution >= 4 is 0 Å². The molecule has 2 rings (SSSR count). The normalized spacial score (nSPS) is 12.6. The molecule has 0 spiro atoms. The van der Waals surface area contributed by atoms with Crippen LogP contribution in [-0.4, -0.2) is 0 Å². The molecule has 0 aliphatic carbocycles. The van der Waals surface area contributed by atoms with E-state index in [0.29, 0.717) is 12.2 Å². The highest BCUT2D eigenvalue weighted by atomic mass is 16.4. The molecule has 1 radical (unpaired) electrons. The van der Waals surface area contributed by atoms with Crippen LogP contribution in [0.4, 0.5) is 0 Å². The second-order valence-corrected chi connectivity index (χ2v) is 3.19. The Hall–Kier alpha value is -1.54. The van der Waals surface area contributed by atoms with Crippen LogP contribution in [0, 0.1) is 0 Å². The van der Waals surface area contributed by atoms with E-state index in [9.17, 15) is 5.11 Å². The van der Waals surface area contributed by atoms with Crippen LogP contribution in [0.1, 0.15) is 17.4 Å². The van der Waals surface area contributed by atoms with Gasteiger partial charge in [-0.1, -0.05) is 30.3 Å². The lowest BCUT2D eigenvalue weighted by molar-refractivity contribution is 0.0695. The number of furan rings is 1. The molecule has 0 aliphatic heterocycles. The van der Waals surface area contributed by atoms with Crippen molar-refractivity contribution in [2.75, 3.05) is 0 Å². The van der Waals surface area contributed by atoms with E-state index in [0.717, 1.165) is 5.56 Å². The minimum absolute atomic E-state index is 0.481. The summed E-state index contributed by atoms with van der Waals surface area (Å²) in [4.78, 5) is 0. The van der Waals surface area contributed by atoms with Crippen LogP contribution < -0.4 is 0 Å². The van der Waals surface area contributed by atoms with Gasteiger partial charge in [0.15, 0.2) is 6.10 Å². The van der Waals surface area contributed by atoms with Gasteiger partial charge >= 0.3 is 0 Å². The van der Waals surface area contributed by atoms with Crippen LogP contribution >= 0.6 is 0 Å². The van der Waals surface area contributed by atoms with Gasteiger partial charge in [0.1, 0.15) is 5.76 Å². The molecule has 0 aliphatic rings. The fourth-order valence-electron chi connectivity index (χ4n) is 1.40. The first-order valence-electron chi connectivity index (χ1n) is 4.59. The Kier molecular flexibility index (Phi) is 2.65. The summed E-state index contributed by atoms with van der Waals surface area (Å²) in [5, 5.41) is 11.7. The van der Waals surface area contributed by atoms with Crippen molar-refractivity contribution in [1.82, 2.24) is 0 Å². The molecule has 71 valence electrons. The van der Waals surface area contributed by atoms with Crippen LogP contribution in [0.25, 0.3) is 0 Å². The average molecular weight is 187 g/mol. The zero-order chi connectivity index (χ0) is 9.80. The van der Waals surface area contributed by atoms with Crippen LogP contribution in [0.15, 0.2) is 53.1 Å². The molecule has 1 atom stereocenters. The van der Waals surface area contributed by atoms with Gasteiger partial charge in [0.2, 0.25) is 0 Å². The molecule has 0 saturated heterocycles. The molecule has 1 unspecified atom stereocenters. The van der Waals surface area contributed by atoms with Gasteiger partial charge in [-0.15, -0.1) is 0 Å². The largest absolute Gasteiger partial charge is 0.466 e. The molecule has 0 amide bonds. The Bertz CT molecular complexity index is 364. The molecule has 0 saturated carbocycles. The minimum Gasteiger partial charge on any atom is -0.466 e. The number of benzene rings is 1. The molecule has 2 nitrogen and oxygen atoms in total. The lowest BCUT2D eigenvalue weighted by Gasteiger charge is -2.04. The van der Waals surface area contributed by atoms with Gasteiger partial charge in [-0.3, -0.25) is 0 Å². The van der Waals surface area contributed by atoms with Crippen LogP contribution in [0.5, 0.6) is 0 Å². The first kappa shape index (κ1) is 9.03. The zero-order valence-corrected chi connectivity index (χ0v) is 7.72. The van der Waals surface area contributed by atoms with Crippen LogP contribution in [-0.2, 0) is 11.5 Å². The second-order valence-electron chi connectivity index (χ2n) is 3.19. The molecule has 14 heavy (non-hydrogen) atoms. The van der Waals surface area contributed by atoms with Crippen LogP contribution in [0.2, 0.25) is 0 Å². The Morgan fingerprint density at radius 3 is 2.50 bits per heavy atom. The van der Waals surface area contributed by atoms with Crippen molar-refractivity contribution in [3.63, 3.8) is 0 Å². The third-order valence-electron chi connectivity index (χ3n) is 2.12. The molecule has 1 heterocycles. The summed E-state index contributed by atoms with van der Waals surface area (Å²) >= 11 is 0. The van der Waals surface area contributed by atoms with Crippen molar-refractivity contribution in [2.45, 2.75) is 12.5 Å². The van der Waals surface area contributed by atoms with Crippen LogP contribution in [0.3, 0.4) is 0 Å². The molecular formula is C12H11O2. The highest BCUT2D eigenvalue weighted by Crippen LogP contribution is 2.18. The summed E-state index contributed by atoms with van der Waals surface area (Å²) < 4.78 is 5.05. The molecular weight excluding hydrogens is 176 g/mol. The Balaban J connectivity index is 2.06. The van der Waals surface area contributed by atoms with E-state index in [1.807, 2.05) is 30.3 Å². The van der Waals surface area contributed by atoms with Crippen molar-refractivity contribution < 1.29 is 9.52 Å². The quantitative estimate of drug-likeness (QED) is 0.727. The maximum absolute atomic E-state index is 11.7. The number of rotatable bonds is 3. The summed E-state index contributed by atoms with van der Waals surface area (Å²) in [6.07, 6.45) is 1.21. The summed E-state index contributed by atoms with van der Waals surface area (Å²) in [7, 11) is 0. The third kappa shape index (κ3) is 2.03. The molecule has 2 aromatic rings. The van der Waals surface area contributed by atoms with E-state index in [4.69, 9.17) is 4.42 Å². The molecule has 0 bridgehead atoms. The monoisotopic (exact) mass is 187 g/mol. The van der Waals surface area contributed by atoms with E-state index in [2.05, 4.69) is 0 Å².